The van der Waals surface area contributed by atoms with Crippen molar-refractivity contribution in [2.45, 2.75) is 50.8 Å². The molecule has 1 heterocycles. The van der Waals surface area contributed by atoms with Gasteiger partial charge in [-0.05, 0) is 37.5 Å². The molecule has 1 fully saturated rings. The number of carbonyl (C=O) groups is 1. The van der Waals surface area contributed by atoms with Gasteiger partial charge in [0.15, 0.2) is 0 Å². The van der Waals surface area contributed by atoms with Crippen LogP contribution >= 0.6 is 11.8 Å². The van der Waals surface area contributed by atoms with Crippen molar-refractivity contribution in [3.63, 3.8) is 0 Å². The van der Waals surface area contributed by atoms with Gasteiger partial charge >= 0.3 is 0 Å². The summed E-state index contributed by atoms with van der Waals surface area (Å²) in [6.45, 7) is 7.46. The molecule has 0 saturated carbocycles. The zero-order valence-corrected chi connectivity index (χ0v) is 14.4. The maximum absolute atomic E-state index is 12.8. The molecule has 0 aliphatic carbocycles. The number of thioether (sulfide) groups is 1. The van der Waals surface area contributed by atoms with Crippen LogP contribution in [0.3, 0.4) is 0 Å². The molecule has 1 aliphatic heterocycles. The van der Waals surface area contributed by atoms with Crippen LogP contribution in [0.1, 0.15) is 56.0 Å². The Morgan fingerprint density at radius 2 is 2.18 bits per heavy atom. The van der Waals surface area contributed by atoms with Crippen LogP contribution in [-0.2, 0) is 0 Å². The average molecular weight is 316 g/mol. The maximum Gasteiger partial charge on any atom is 0.254 e. The number of carbonyl (C=O) groups excluding carboxylic acids is 1. The Kier molecular flexibility index (Phi) is 5.52. The third-order valence-corrected chi connectivity index (χ3v) is 5.25. The van der Waals surface area contributed by atoms with Crippen molar-refractivity contribution in [1.29, 1.82) is 5.26 Å². The third-order valence-electron chi connectivity index (χ3n) is 3.84. The Hall–Kier alpha value is -1.47. The first kappa shape index (κ1) is 16.9. The first-order valence-corrected chi connectivity index (χ1v) is 8.84. The minimum absolute atomic E-state index is 0.0660. The van der Waals surface area contributed by atoms with Crippen LogP contribution in [0, 0.1) is 11.3 Å². The normalized spacial score (nSPS) is 18.8. The number of nitrogens with zero attached hydrogens (tertiary/aromatic N) is 2. The Labute approximate surface area is 137 Å². The van der Waals surface area contributed by atoms with Gasteiger partial charge in [-0.3, -0.25) is 4.79 Å². The van der Waals surface area contributed by atoms with Crippen LogP contribution in [0.4, 0.5) is 0 Å². The van der Waals surface area contributed by atoms with Gasteiger partial charge in [-0.15, -0.1) is 0 Å². The van der Waals surface area contributed by atoms with E-state index in [1.165, 1.54) is 6.42 Å². The van der Waals surface area contributed by atoms with E-state index in [1.54, 1.807) is 18.2 Å². The molecule has 22 heavy (non-hydrogen) atoms. The van der Waals surface area contributed by atoms with Crippen LogP contribution in [0.15, 0.2) is 24.3 Å². The Morgan fingerprint density at radius 3 is 2.86 bits per heavy atom. The zero-order valence-electron chi connectivity index (χ0n) is 13.6. The lowest BCUT2D eigenvalue weighted by atomic mass is 10.0. The number of hydrogen-bond donors (Lipinski definition) is 0. The molecule has 0 N–H and O–H groups in total. The predicted octanol–water partition coefficient (Wildman–Crippen LogP) is 4.08. The van der Waals surface area contributed by atoms with Gasteiger partial charge in [0, 0.05) is 28.6 Å². The summed E-state index contributed by atoms with van der Waals surface area (Å²) >= 11 is 1.92. The summed E-state index contributed by atoms with van der Waals surface area (Å²) in [7, 11) is 0. The maximum atomic E-state index is 12.8. The highest BCUT2D eigenvalue weighted by molar-refractivity contribution is 8.00. The molecular formula is C18H24N2OS. The van der Waals surface area contributed by atoms with Crippen molar-refractivity contribution in [2.24, 2.45) is 0 Å². The Balaban J connectivity index is 2.12. The van der Waals surface area contributed by atoms with Gasteiger partial charge < -0.3 is 4.90 Å². The number of nitriles is 1. The highest BCUT2D eigenvalue weighted by Crippen LogP contribution is 2.29. The average Bonchev–Trinajstić information content (AvgIpc) is 2.52. The highest BCUT2D eigenvalue weighted by atomic mass is 32.2. The molecule has 1 aromatic carbocycles. The van der Waals surface area contributed by atoms with Gasteiger partial charge in [0.25, 0.3) is 5.91 Å². The lowest BCUT2D eigenvalue weighted by Crippen LogP contribution is -2.45. The number of amides is 1. The van der Waals surface area contributed by atoms with Crippen molar-refractivity contribution < 1.29 is 4.79 Å². The molecule has 1 saturated heterocycles. The molecule has 118 valence electrons. The Bertz CT molecular complexity index is 571. The van der Waals surface area contributed by atoms with Crippen LogP contribution in [0.25, 0.3) is 0 Å². The number of benzene rings is 1. The quantitative estimate of drug-likeness (QED) is 0.844. The van der Waals surface area contributed by atoms with E-state index in [2.05, 4.69) is 26.8 Å². The SMILES string of the molecule is CC(C)(C)SC[C@H]1CCCCN1C(=O)c1cccc(C#N)c1. The topological polar surface area (TPSA) is 44.1 Å². The fourth-order valence-corrected chi connectivity index (χ4v) is 3.71. The summed E-state index contributed by atoms with van der Waals surface area (Å²) in [5.41, 5.74) is 1.18. The van der Waals surface area contributed by atoms with Gasteiger partial charge in [0.2, 0.25) is 0 Å². The van der Waals surface area contributed by atoms with Crippen LogP contribution in [0.5, 0.6) is 0 Å². The number of hydrogen-bond acceptors (Lipinski definition) is 3. The van der Waals surface area contributed by atoms with Gasteiger partial charge in [0.05, 0.1) is 11.6 Å². The minimum atomic E-state index is 0.0660. The standard InChI is InChI=1S/C18H24N2OS/c1-18(2,3)22-13-16-9-4-5-10-20(16)17(21)15-8-6-7-14(11-15)12-19/h6-8,11,16H,4-5,9-10,13H2,1-3H3/t16-/m1/s1. The second-order valence-electron chi connectivity index (χ2n) is 6.76. The summed E-state index contributed by atoms with van der Waals surface area (Å²) in [6, 6.07) is 9.44. The number of rotatable bonds is 3. The molecule has 1 aromatic rings. The molecule has 0 aromatic heterocycles. The molecule has 1 atom stereocenters. The first-order chi connectivity index (χ1) is 10.4. The van der Waals surface area contributed by atoms with E-state index in [1.807, 2.05) is 22.7 Å². The van der Waals surface area contributed by atoms with Gasteiger partial charge in [-0.1, -0.05) is 26.8 Å². The van der Waals surface area contributed by atoms with Gasteiger partial charge in [-0.25, -0.2) is 0 Å². The lowest BCUT2D eigenvalue weighted by Gasteiger charge is -2.37. The smallest absolute Gasteiger partial charge is 0.254 e. The van der Waals surface area contributed by atoms with Crippen molar-refractivity contribution in [1.82, 2.24) is 4.90 Å². The summed E-state index contributed by atoms with van der Waals surface area (Å²) in [4.78, 5) is 14.8. The summed E-state index contributed by atoms with van der Waals surface area (Å²) in [6.07, 6.45) is 3.34. The molecule has 4 heteroatoms. The highest BCUT2D eigenvalue weighted by Gasteiger charge is 2.28. The van der Waals surface area contributed by atoms with E-state index >= 15 is 0 Å². The molecule has 3 nitrogen and oxygen atoms in total. The summed E-state index contributed by atoms with van der Waals surface area (Å²) < 4.78 is 0.215. The monoisotopic (exact) mass is 316 g/mol. The van der Waals surface area contributed by atoms with Crippen LogP contribution < -0.4 is 0 Å². The van der Waals surface area contributed by atoms with Crippen molar-refractivity contribution in [2.75, 3.05) is 12.3 Å². The summed E-state index contributed by atoms with van der Waals surface area (Å²) in [5, 5.41) is 9.00. The number of piperidine rings is 1. The molecule has 2 rings (SSSR count). The second kappa shape index (κ2) is 7.19. The molecule has 0 bridgehead atoms. The van der Waals surface area contributed by atoms with E-state index in [9.17, 15) is 4.79 Å². The summed E-state index contributed by atoms with van der Waals surface area (Å²) in [5.74, 6) is 1.05. The van der Waals surface area contributed by atoms with Crippen molar-refractivity contribution in [3.8, 4) is 6.07 Å². The molecule has 0 spiro atoms. The van der Waals surface area contributed by atoms with E-state index in [0.717, 1.165) is 25.1 Å². The molecule has 0 radical (unpaired) electrons. The third kappa shape index (κ3) is 4.51. The fraction of sp³-hybridized carbons (Fsp3) is 0.556. The molecule has 1 amide bonds. The number of likely N-dealkylation sites (tertiary alicyclic amines) is 1. The molecule has 0 unspecified atom stereocenters. The van der Waals surface area contributed by atoms with E-state index < -0.39 is 0 Å². The van der Waals surface area contributed by atoms with E-state index in [4.69, 9.17) is 5.26 Å². The largest absolute Gasteiger partial charge is 0.335 e. The molecular weight excluding hydrogens is 292 g/mol. The minimum Gasteiger partial charge on any atom is -0.335 e. The zero-order chi connectivity index (χ0) is 16.2. The Morgan fingerprint density at radius 1 is 1.41 bits per heavy atom. The van der Waals surface area contributed by atoms with Crippen molar-refractivity contribution >= 4 is 17.7 Å². The predicted molar refractivity (Wildman–Crippen MR) is 92.0 cm³/mol. The first-order valence-electron chi connectivity index (χ1n) is 7.86. The fourth-order valence-electron chi connectivity index (χ4n) is 2.67. The van der Waals surface area contributed by atoms with Crippen LogP contribution in [0.2, 0.25) is 0 Å². The van der Waals surface area contributed by atoms with Crippen molar-refractivity contribution in [3.05, 3.63) is 35.4 Å². The van der Waals surface area contributed by atoms with E-state index in [0.29, 0.717) is 17.2 Å². The molecule has 1 aliphatic rings. The second-order valence-corrected chi connectivity index (χ2v) is 8.61. The van der Waals surface area contributed by atoms with Gasteiger partial charge in [-0.2, -0.15) is 17.0 Å². The lowest BCUT2D eigenvalue weighted by molar-refractivity contribution is 0.0640. The van der Waals surface area contributed by atoms with Crippen LogP contribution in [-0.4, -0.2) is 33.9 Å². The van der Waals surface area contributed by atoms with Gasteiger partial charge in [0.1, 0.15) is 0 Å². The van der Waals surface area contributed by atoms with E-state index in [-0.39, 0.29) is 10.7 Å².